The summed E-state index contributed by atoms with van der Waals surface area (Å²) in [5, 5.41) is 0. The second kappa shape index (κ2) is 9.01. The Balaban J connectivity index is 0. The third-order valence-electron chi connectivity index (χ3n) is 3.00. The number of hydrogen-bond acceptors (Lipinski definition) is 0. The minimum absolute atomic E-state index is 0. The van der Waals surface area contributed by atoms with Gasteiger partial charge >= 0.3 is 0 Å². The molecular formula is C15H17Cl2Hf-3. The summed E-state index contributed by atoms with van der Waals surface area (Å²) in [6, 6.07) is 13.2. The van der Waals surface area contributed by atoms with Crippen LogP contribution in [0, 0.1) is 13.8 Å². The van der Waals surface area contributed by atoms with Crippen molar-refractivity contribution in [1.82, 2.24) is 0 Å². The molecule has 3 heteroatoms. The van der Waals surface area contributed by atoms with Crippen molar-refractivity contribution in [2.45, 2.75) is 27.2 Å². The molecule has 0 aliphatic rings. The predicted molar refractivity (Wildman–Crippen MR) is 66.3 cm³/mol. The molecule has 0 unspecified atom stereocenters. The molecule has 98 valence electrons. The fourth-order valence-corrected chi connectivity index (χ4v) is 2.13. The summed E-state index contributed by atoms with van der Waals surface area (Å²) in [7, 11) is 0. The molecule has 0 saturated carbocycles. The van der Waals surface area contributed by atoms with Crippen LogP contribution in [-0.4, -0.2) is 0 Å². The van der Waals surface area contributed by atoms with E-state index in [1.54, 1.807) is 0 Å². The molecule has 0 atom stereocenters. The molecule has 0 fully saturated rings. The summed E-state index contributed by atoms with van der Waals surface area (Å²) in [5.74, 6) is 0. The Morgan fingerprint density at radius 1 is 0.944 bits per heavy atom. The SMILES string of the molecule is CCc1cccc(-[c-]2c(C)ccc2C)c1.[Cl-].[Cl-].[Hf]. The summed E-state index contributed by atoms with van der Waals surface area (Å²) in [4.78, 5) is 0. The van der Waals surface area contributed by atoms with Crippen LogP contribution >= 0.6 is 0 Å². The number of benzene rings is 1. The van der Waals surface area contributed by atoms with Crippen molar-refractivity contribution < 1.29 is 50.7 Å². The monoisotopic (exact) mass is 447 g/mol. The number of rotatable bonds is 2. The van der Waals surface area contributed by atoms with E-state index in [2.05, 4.69) is 57.2 Å². The molecule has 18 heavy (non-hydrogen) atoms. The van der Waals surface area contributed by atoms with Crippen molar-refractivity contribution in [1.29, 1.82) is 0 Å². The second-order valence-electron chi connectivity index (χ2n) is 4.13. The van der Waals surface area contributed by atoms with E-state index in [0.29, 0.717) is 0 Å². The van der Waals surface area contributed by atoms with Crippen LogP contribution in [0.3, 0.4) is 0 Å². The normalized spacial score (nSPS) is 8.83. The first kappa shape index (κ1) is 20.3. The zero-order valence-corrected chi connectivity index (χ0v) is 16.0. The maximum Gasteiger partial charge on any atom is 0 e. The maximum atomic E-state index is 2.30. The molecule has 2 aromatic carbocycles. The van der Waals surface area contributed by atoms with Crippen molar-refractivity contribution in [2.24, 2.45) is 0 Å². The minimum atomic E-state index is 0. The molecule has 2 aromatic rings. The van der Waals surface area contributed by atoms with Gasteiger partial charge in [0.25, 0.3) is 0 Å². The van der Waals surface area contributed by atoms with Gasteiger partial charge in [-0.3, -0.25) is 0 Å². The van der Waals surface area contributed by atoms with Gasteiger partial charge in [0.05, 0.1) is 0 Å². The average molecular weight is 447 g/mol. The van der Waals surface area contributed by atoms with E-state index >= 15 is 0 Å². The average Bonchev–Trinajstić information content (AvgIpc) is 2.59. The van der Waals surface area contributed by atoms with E-state index in [9.17, 15) is 0 Å². The van der Waals surface area contributed by atoms with Crippen molar-refractivity contribution in [2.75, 3.05) is 0 Å². The molecule has 2 rings (SSSR count). The van der Waals surface area contributed by atoms with Crippen LogP contribution in [0.4, 0.5) is 0 Å². The summed E-state index contributed by atoms with van der Waals surface area (Å²) in [6.07, 6.45) is 1.10. The van der Waals surface area contributed by atoms with Crippen molar-refractivity contribution in [3.8, 4) is 11.1 Å². The number of hydrogen-bond donors (Lipinski definition) is 0. The van der Waals surface area contributed by atoms with Gasteiger partial charge in [-0.05, 0) is 6.42 Å². The van der Waals surface area contributed by atoms with Gasteiger partial charge < -0.3 is 24.8 Å². The van der Waals surface area contributed by atoms with E-state index in [0.717, 1.165) is 6.42 Å². The first-order valence-electron chi connectivity index (χ1n) is 5.54. The molecule has 0 N–H and O–H groups in total. The van der Waals surface area contributed by atoms with Crippen LogP contribution in [0.1, 0.15) is 23.6 Å². The van der Waals surface area contributed by atoms with Crippen LogP contribution in [0.5, 0.6) is 0 Å². The molecular weight excluding hydrogens is 430 g/mol. The second-order valence-corrected chi connectivity index (χ2v) is 4.13. The topological polar surface area (TPSA) is 0 Å². The van der Waals surface area contributed by atoms with Gasteiger partial charge in [-0.2, -0.15) is 0 Å². The molecule has 0 radical (unpaired) electrons. The van der Waals surface area contributed by atoms with E-state index in [4.69, 9.17) is 0 Å². The first-order chi connectivity index (χ1) is 7.22. The maximum absolute atomic E-state index is 2.30. The standard InChI is InChI=1S/C15H17.2ClH.Hf/c1-4-13-6-5-7-14(10-13)15-11(2)8-9-12(15)3;;;/h5-10H,4H2,1-3H3;2*1H;/q-1;;;/p-2. The third-order valence-corrected chi connectivity index (χ3v) is 3.00. The molecule has 0 saturated heterocycles. The minimum Gasteiger partial charge on any atom is -1.00 e. The predicted octanol–water partition coefficient (Wildman–Crippen LogP) is -1.74. The van der Waals surface area contributed by atoms with Crippen LogP contribution in [0.25, 0.3) is 11.1 Å². The van der Waals surface area contributed by atoms with E-state index in [-0.39, 0.29) is 50.7 Å². The smallest absolute Gasteiger partial charge is 0 e. The van der Waals surface area contributed by atoms with Crippen molar-refractivity contribution >= 4 is 0 Å². The molecule has 0 nitrogen and oxygen atoms in total. The van der Waals surface area contributed by atoms with Gasteiger partial charge in [0, 0.05) is 25.8 Å². The van der Waals surface area contributed by atoms with Gasteiger partial charge in [0.2, 0.25) is 0 Å². The number of aryl methyl sites for hydroxylation is 3. The van der Waals surface area contributed by atoms with Gasteiger partial charge in [-0.1, -0.05) is 44.0 Å². The Morgan fingerprint density at radius 3 is 2.00 bits per heavy atom. The Morgan fingerprint density at radius 2 is 1.50 bits per heavy atom. The van der Waals surface area contributed by atoms with Crippen molar-refractivity contribution in [3.05, 3.63) is 53.1 Å². The Hall–Kier alpha value is 0.0201. The first-order valence-corrected chi connectivity index (χ1v) is 5.54. The summed E-state index contributed by atoms with van der Waals surface area (Å²) in [5.41, 5.74) is 6.92. The van der Waals surface area contributed by atoms with E-state index < -0.39 is 0 Å². The Bertz CT molecular complexity index is 456. The summed E-state index contributed by atoms with van der Waals surface area (Å²) < 4.78 is 0. The van der Waals surface area contributed by atoms with Gasteiger partial charge in [-0.15, -0.1) is 41.0 Å². The van der Waals surface area contributed by atoms with Crippen LogP contribution in [0.15, 0.2) is 36.4 Å². The zero-order chi connectivity index (χ0) is 10.8. The molecule has 0 aliphatic carbocycles. The summed E-state index contributed by atoms with van der Waals surface area (Å²) >= 11 is 0. The van der Waals surface area contributed by atoms with Crippen molar-refractivity contribution in [3.63, 3.8) is 0 Å². The quantitative estimate of drug-likeness (QED) is 0.380. The number of halogens is 2. The Labute approximate surface area is 141 Å². The van der Waals surface area contributed by atoms with Crippen LogP contribution < -0.4 is 24.8 Å². The largest absolute Gasteiger partial charge is 1.00 e. The van der Waals surface area contributed by atoms with Gasteiger partial charge in [0.1, 0.15) is 0 Å². The van der Waals surface area contributed by atoms with Gasteiger partial charge in [0.15, 0.2) is 0 Å². The fraction of sp³-hybridized carbons (Fsp3) is 0.267. The van der Waals surface area contributed by atoms with Gasteiger partial charge in [-0.25, -0.2) is 0 Å². The molecule has 0 aliphatic heterocycles. The van der Waals surface area contributed by atoms with Crippen LogP contribution in [0.2, 0.25) is 0 Å². The molecule has 0 amide bonds. The molecule has 0 heterocycles. The Kier molecular flexibility index (Phi) is 10.2. The third kappa shape index (κ3) is 4.29. The fourth-order valence-electron chi connectivity index (χ4n) is 2.13. The molecule has 0 aromatic heterocycles. The van der Waals surface area contributed by atoms with Crippen LogP contribution in [-0.2, 0) is 32.3 Å². The van der Waals surface area contributed by atoms with E-state index in [1.807, 2.05) is 0 Å². The molecule has 0 spiro atoms. The van der Waals surface area contributed by atoms with E-state index in [1.165, 1.54) is 27.8 Å². The zero-order valence-electron chi connectivity index (χ0n) is 10.9. The molecule has 0 bridgehead atoms. The summed E-state index contributed by atoms with van der Waals surface area (Å²) in [6.45, 7) is 6.56.